The Balaban J connectivity index is 2.32. The molecule has 1 aromatic heterocycles. The maximum absolute atomic E-state index is 12.8. The maximum atomic E-state index is 12.8. The summed E-state index contributed by atoms with van der Waals surface area (Å²) in [6.07, 6.45) is 0.913. The predicted octanol–water partition coefficient (Wildman–Crippen LogP) is 3.25. The summed E-state index contributed by atoms with van der Waals surface area (Å²) < 4.78 is 15.0. The Hall–Kier alpha value is -1.64. The summed E-state index contributed by atoms with van der Waals surface area (Å²) in [6.45, 7) is 6.96. The zero-order chi connectivity index (χ0) is 12.4. The van der Waals surface area contributed by atoms with Gasteiger partial charge < -0.3 is 4.57 Å². The number of rotatable bonds is 3. The van der Waals surface area contributed by atoms with Crippen LogP contribution in [0, 0.1) is 19.7 Å². The first-order valence-electron chi connectivity index (χ1n) is 5.89. The normalized spacial score (nSPS) is 10.8. The van der Waals surface area contributed by atoms with E-state index in [0.29, 0.717) is 0 Å². The Morgan fingerprint density at radius 3 is 2.41 bits per heavy atom. The highest BCUT2D eigenvalue weighted by atomic mass is 19.1. The average molecular weight is 232 g/mol. The molecular weight excluding hydrogens is 215 g/mol. The summed E-state index contributed by atoms with van der Waals surface area (Å²) in [5.74, 6) is 0.896. The van der Waals surface area contributed by atoms with E-state index in [1.807, 2.05) is 19.1 Å². The third kappa shape index (κ3) is 2.38. The Morgan fingerprint density at radius 2 is 1.82 bits per heavy atom. The first-order chi connectivity index (χ1) is 8.11. The van der Waals surface area contributed by atoms with Crippen LogP contribution in [0.1, 0.15) is 29.7 Å². The second-order valence-electron chi connectivity index (χ2n) is 4.27. The topological polar surface area (TPSA) is 17.8 Å². The molecule has 2 aromatic rings. The van der Waals surface area contributed by atoms with Crippen LogP contribution >= 0.6 is 0 Å². The van der Waals surface area contributed by atoms with E-state index >= 15 is 0 Å². The van der Waals surface area contributed by atoms with Crippen molar-refractivity contribution in [3.05, 3.63) is 52.9 Å². The average Bonchev–Trinajstić information content (AvgIpc) is 2.59. The molecule has 1 aromatic carbocycles. The molecule has 0 bridgehead atoms. The van der Waals surface area contributed by atoms with Crippen LogP contribution in [0.25, 0.3) is 0 Å². The van der Waals surface area contributed by atoms with E-state index in [9.17, 15) is 4.39 Å². The monoisotopic (exact) mass is 232 g/mol. The Morgan fingerprint density at radius 1 is 1.18 bits per heavy atom. The summed E-state index contributed by atoms with van der Waals surface area (Å²) in [5.41, 5.74) is 3.36. The van der Waals surface area contributed by atoms with Gasteiger partial charge in [0.25, 0.3) is 0 Å². The van der Waals surface area contributed by atoms with Gasteiger partial charge in [-0.25, -0.2) is 9.37 Å². The molecule has 2 nitrogen and oxygen atoms in total. The van der Waals surface area contributed by atoms with Crippen molar-refractivity contribution in [2.75, 3.05) is 0 Å². The number of hydrogen-bond acceptors (Lipinski definition) is 1. The third-order valence-corrected chi connectivity index (χ3v) is 3.11. The van der Waals surface area contributed by atoms with Crippen LogP contribution in [0.15, 0.2) is 24.3 Å². The van der Waals surface area contributed by atoms with E-state index in [0.717, 1.165) is 30.0 Å². The number of benzene rings is 1. The van der Waals surface area contributed by atoms with Crippen molar-refractivity contribution in [1.82, 2.24) is 9.55 Å². The number of aromatic nitrogens is 2. The van der Waals surface area contributed by atoms with E-state index in [4.69, 9.17) is 0 Å². The summed E-state index contributed by atoms with van der Waals surface area (Å²) in [5, 5.41) is 0. The van der Waals surface area contributed by atoms with Crippen LogP contribution in [0.2, 0.25) is 0 Å². The van der Waals surface area contributed by atoms with Gasteiger partial charge in [0.15, 0.2) is 0 Å². The van der Waals surface area contributed by atoms with Crippen molar-refractivity contribution in [2.24, 2.45) is 0 Å². The molecule has 3 heteroatoms. The second-order valence-corrected chi connectivity index (χ2v) is 4.27. The highest BCUT2D eigenvalue weighted by Crippen LogP contribution is 2.14. The summed E-state index contributed by atoms with van der Waals surface area (Å²) in [4.78, 5) is 4.53. The van der Waals surface area contributed by atoms with Crippen molar-refractivity contribution >= 4 is 0 Å². The van der Waals surface area contributed by atoms with Gasteiger partial charge in [-0.2, -0.15) is 0 Å². The van der Waals surface area contributed by atoms with Gasteiger partial charge in [0.2, 0.25) is 0 Å². The van der Waals surface area contributed by atoms with Crippen LogP contribution in [0.4, 0.5) is 4.39 Å². The predicted molar refractivity (Wildman–Crippen MR) is 66.6 cm³/mol. The molecule has 0 aliphatic heterocycles. The summed E-state index contributed by atoms with van der Waals surface area (Å²) >= 11 is 0. The van der Waals surface area contributed by atoms with E-state index < -0.39 is 0 Å². The molecule has 0 radical (unpaired) electrons. The van der Waals surface area contributed by atoms with Crippen LogP contribution in [0.3, 0.4) is 0 Å². The molecule has 0 N–H and O–H groups in total. The summed E-state index contributed by atoms with van der Waals surface area (Å²) in [6, 6.07) is 6.65. The molecule has 0 saturated heterocycles. The smallest absolute Gasteiger partial charge is 0.123 e. The maximum Gasteiger partial charge on any atom is 0.123 e. The number of aryl methyl sites for hydroxylation is 2. The van der Waals surface area contributed by atoms with Crippen LogP contribution in [-0.4, -0.2) is 9.55 Å². The molecule has 0 unspecified atom stereocenters. The zero-order valence-electron chi connectivity index (χ0n) is 10.5. The fourth-order valence-electron chi connectivity index (χ4n) is 1.98. The molecule has 0 saturated carbocycles. The molecule has 0 spiro atoms. The Bertz CT molecular complexity index is 512. The molecule has 0 amide bonds. The first-order valence-corrected chi connectivity index (χ1v) is 5.89. The highest BCUT2D eigenvalue weighted by molar-refractivity contribution is 5.21. The van der Waals surface area contributed by atoms with Crippen molar-refractivity contribution in [1.29, 1.82) is 0 Å². The number of hydrogen-bond donors (Lipinski definition) is 0. The fourth-order valence-corrected chi connectivity index (χ4v) is 1.98. The van der Waals surface area contributed by atoms with Crippen molar-refractivity contribution in [3.8, 4) is 0 Å². The molecule has 2 rings (SSSR count). The lowest BCUT2D eigenvalue weighted by Crippen LogP contribution is -2.06. The van der Waals surface area contributed by atoms with Gasteiger partial charge in [0, 0.05) is 18.7 Å². The van der Waals surface area contributed by atoms with Crippen LogP contribution in [-0.2, 0) is 13.0 Å². The van der Waals surface area contributed by atoms with E-state index in [1.54, 1.807) is 0 Å². The molecule has 0 aliphatic rings. The SMILES string of the molecule is CCc1nc(C)c(C)n1Cc1ccc(F)cc1. The molecule has 90 valence electrons. The quantitative estimate of drug-likeness (QED) is 0.794. The Labute approximate surface area is 101 Å². The molecular formula is C14H17FN2. The molecule has 0 atom stereocenters. The van der Waals surface area contributed by atoms with Gasteiger partial charge in [-0.3, -0.25) is 0 Å². The van der Waals surface area contributed by atoms with E-state index in [2.05, 4.69) is 23.4 Å². The van der Waals surface area contributed by atoms with Crippen molar-refractivity contribution in [2.45, 2.75) is 33.7 Å². The number of nitrogens with zero attached hydrogens (tertiary/aromatic N) is 2. The van der Waals surface area contributed by atoms with Gasteiger partial charge in [0.1, 0.15) is 11.6 Å². The van der Waals surface area contributed by atoms with E-state index in [-0.39, 0.29) is 5.82 Å². The van der Waals surface area contributed by atoms with Gasteiger partial charge in [-0.15, -0.1) is 0 Å². The van der Waals surface area contributed by atoms with E-state index in [1.165, 1.54) is 17.8 Å². The van der Waals surface area contributed by atoms with Gasteiger partial charge in [-0.05, 0) is 31.5 Å². The molecule has 17 heavy (non-hydrogen) atoms. The minimum atomic E-state index is -0.192. The largest absolute Gasteiger partial charge is 0.328 e. The van der Waals surface area contributed by atoms with Crippen LogP contribution < -0.4 is 0 Å². The third-order valence-electron chi connectivity index (χ3n) is 3.11. The lowest BCUT2D eigenvalue weighted by atomic mass is 10.2. The molecule has 0 aliphatic carbocycles. The molecule has 0 fully saturated rings. The zero-order valence-corrected chi connectivity index (χ0v) is 10.5. The fraction of sp³-hybridized carbons (Fsp3) is 0.357. The number of halogens is 1. The van der Waals surface area contributed by atoms with Crippen LogP contribution in [0.5, 0.6) is 0 Å². The minimum Gasteiger partial charge on any atom is -0.328 e. The second kappa shape index (κ2) is 4.70. The van der Waals surface area contributed by atoms with Gasteiger partial charge in [0.05, 0.1) is 5.69 Å². The first kappa shape index (κ1) is 11.8. The lowest BCUT2D eigenvalue weighted by molar-refractivity contribution is 0.625. The standard InChI is InChI=1S/C14H17FN2/c1-4-14-16-10(2)11(3)17(14)9-12-5-7-13(15)8-6-12/h5-8H,4,9H2,1-3H3. The van der Waals surface area contributed by atoms with Gasteiger partial charge in [-0.1, -0.05) is 19.1 Å². The lowest BCUT2D eigenvalue weighted by Gasteiger charge is -2.09. The van der Waals surface area contributed by atoms with Crippen molar-refractivity contribution < 1.29 is 4.39 Å². The van der Waals surface area contributed by atoms with Gasteiger partial charge >= 0.3 is 0 Å². The summed E-state index contributed by atoms with van der Waals surface area (Å²) in [7, 11) is 0. The Kier molecular flexibility index (Phi) is 3.27. The minimum absolute atomic E-state index is 0.192. The number of imidazole rings is 1. The molecule has 1 heterocycles. The highest BCUT2D eigenvalue weighted by Gasteiger charge is 2.09. The van der Waals surface area contributed by atoms with Crippen molar-refractivity contribution in [3.63, 3.8) is 0 Å².